The molecule has 0 radical (unpaired) electrons. The summed E-state index contributed by atoms with van der Waals surface area (Å²) >= 11 is 0. The van der Waals surface area contributed by atoms with E-state index >= 15 is 0 Å². The molecular formula is C19H22N2O2. The molecule has 0 atom stereocenters. The molecule has 0 aliphatic heterocycles. The Balaban J connectivity index is 1.88. The summed E-state index contributed by atoms with van der Waals surface area (Å²) in [5.74, 6) is -0.283. The molecule has 2 aromatic carbocycles. The first-order valence-electron chi connectivity index (χ1n) is 7.76. The molecule has 4 heteroatoms. The largest absolute Gasteiger partial charge is 0.355 e. The van der Waals surface area contributed by atoms with E-state index in [1.165, 1.54) is 11.1 Å². The fraction of sp³-hybridized carbons (Fsp3) is 0.263. The van der Waals surface area contributed by atoms with Gasteiger partial charge in [-0.2, -0.15) is 0 Å². The molecule has 0 saturated heterocycles. The first-order chi connectivity index (χ1) is 11.1. The number of hydrogen-bond acceptors (Lipinski definition) is 2. The molecule has 2 amide bonds. The van der Waals surface area contributed by atoms with Gasteiger partial charge in [0.05, 0.1) is 11.3 Å². The van der Waals surface area contributed by atoms with Gasteiger partial charge in [-0.05, 0) is 37.5 Å². The number of nitrogens with one attached hydrogen (secondary N) is 2. The van der Waals surface area contributed by atoms with Crippen LogP contribution in [0.4, 0.5) is 5.69 Å². The van der Waals surface area contributed by atoms with E-state index in [9.17, 15) is 9.59 Å². The van der Waals surface area contributed by atoms with Crippen molar-refractivity contribution in [2.75, 3.05) is 12.4 Å². The van der Waals surface area contributed by atoms with Gasteiger partial charge < -0.3 is 10.6 Å². The molecule has 120 valence electrons. The Labute approximate surface area is 136 Å². The van der Waals surface area contributed by atoms with E-state index in [4.69, 9.17) is 0 Å². The van der Waals surface area contributed by atoms with Gasteiger partial charge in [0, 0.05) is 13.5 Å². The molecule has 0 heterocycles. The van der Waals surface area contributed by atoms with Gasteiger partial charge in [0.1, 0.15) is 0 Å². The Morgan fingerprint density at radius 1 is 1.00 bits per heavy atom. The number of benzene rings is 2. The maximum absolute atomic E-state index is 12.1. The molecule has 0 unspecified atom stereocenters. The Bertz CT molecular complexity index is 678. The van der Waals surface area contributed by atoms with Crippen molar-refractivity contribution < 1.29 is 9.59 Å². The summed E-state index contributed by atoms with van der Waals surface area (Å²) in [7, 11) is 1.57. The molecule has 0 aliphatic carbocycles. The number of hydrogen-bond donors (Lipinski definition) is 2. The van der Waals surface area contributed by atoms with Gasteiger partial charge in [-0.15, -0.1) is 0 Å². The fourth-order valence-electron chi connectivity index (χ4n) is 2.35. The SMILES string of the molecule is CNC(=O)c1ccccc1NC(=O)CCCc1ccc(C)cc1. The fourth-order valence-corrected chi connectivity index (χ4v) is 2.35. The Morgan fingerprint density at radius 2 is 1.70 bits per heavy atom. The number of rotatable bonds is 6. The van der Waals surface area contributed by atoms with Gasteiger partial charge >= 0.3 is 0 Å². The van der Waals surface area contributed by atoms with Crippen molar-refractivity contribution >= 4 is 17.5 Å². The first-order valence-corrected chi connectivity index (χ1v) is 7.76. The van der Waals surface area contributed by atoms with Crippen LogP contribution in [0.5, 0.6) is 0 Å². The number of amides is 2. The van der Waals surface area contributed by atoms with Crippen LogP contribution in [0.15, 0.2) is 48.5 Å². The van der Waals surface area contributed by atoms with Crippen molar-refractivity contribution in [3.8, 4) is 0 Å². The average Bonchev–Trinajstić information content (AvgIpc) is 2.56. The lowest BCUT2D eigenvalue weighted by Gasteiger charge is -2.10. The second kappa shape index (κ2) is 8.13. The van der Waals surface area contributed by atoms with Gasteiger partial charge in [-0.1, -0.05) is 42.0 Å². The summed E-state index contributed by atoms with van der Waals surface area (Å²) in [4.78, 5) is 23.9. The van der Waals surface area contributed by atoms with Crippen LogP contribution >= 0.6 is 0 Å². The van der Waals surface area contributed by atoms with Crippen molar-refractivity contribution in [3.63, 3.8) is 0 Å². The molecule has 0 aliphatic rings. The molecule has 0 fully saturated rings. The van der Waals surface area contributed by atoms with Crippen LogP contribution in [-0.2, 0) is 11.2 Å². The van der Waals surface area contributed by atoms with Crippen LogP contribution in [0.2, 0.25) is 0 Å². The molecule has 2 N–H and O–H groups in total. The van der Waals surface area contributed by atoms with Crippen LogP contribution in [0.25, 0.3) is 0 Å². The molecule has 0 spiro atoms. The van der Waals surface area contributed by atoms with Crippen molar-refractivity contribution in [1.29, 1.82) is 0 Å². The third-order valence-corrected chi connectivity index (χ3v) is 3.66. The Kier molecular flexibility index (Phi) is 5.92. The van der Waals surface area contributed by atoms with Crippen LogP contribution in [0, 0.1) is 6.92 Å². The number of carbonyl (C=O) groups excluding carboxylic acids is 2. The van der Waals surface area contributed by atoms with Crippen LogP contribution in [-0.4, -0.2) is 18.9 Å². The lowest BCUT2D eigenvalue weighted by atomic mass is 10.1. The highest BCUT2D eigenvalue weighted by molar-refractivity contribution is 6.03. The molecule has 2 aromatic rings. The first kappa shape index (κ1) is 16.7. The van der Waals surface area contributed by atoms with Crippen molar-refractivity contribution in [2.24, 2.45) is 0 Å². The molecule has 0 saturated carbocycles. The summed E-state index contributed by atoms with van der Waals surface area (Å²) in [6.45, 7) is 2.06. The number of carbonyl (C=O) groups is 2. The average molecular weight is 310 g/mol. The van der Waals surface area contributed by atoms with Crippen molar-refractivity contribution in [1.82, 2.24) is 5.32 Å². The van der Waals surface area contributed by atoms with E-state index in [1.807, 2.05) is 0 Å². The molecule has 0 bridgehead atoms. The quantitative estimate of drug-likeness (QED) is 0.860. The zero-order valence-electron chi connectivity index (χ0n) is 13.6. The summed E-state index contributed by atoms with van der Waals surface area (Å²) in [5, 5.41) is 5.40. The predicted octanol–water partition coefficient (Wildman–Crippen LogP) is 3.32. The zero-order valence-corrected chi connectivity index (χ0v) is 13.6. The summed E-state index contributed by atoms with van der Waals surface area (Å²) in [5.41, 5.74) is 3.49. The third-order valence-electron chi connectivity index (χ3n) is 3.66. The van der Waals surface area contributed by atoms with Gasteiger partial charge in [-0.3, -0.25) is 9.59 Å². The second-order valence-electron chi connectivity index (χ2n) is 5.51. The minimum Gasteiger partial charge on any atom is -0.355 e. The Morgan fingerprint density at radius 3 is 2.39 bits per heavy atom. The van der Waals surface area contributed by atoms with Crippen LogP contribution in [0.1, 0.15) is 34.3 Å². The number of aryl methyl sites for hydroxylation is 2. The number of para-hydroxylation sites is 1. The predicted molar refractivity (Wildman–Crippen MR) is 92.6 cm³/mol. The van der Waals surface area contributed by atoms with E-state index < -0.39 is 0 Å². The van der Waals surface area contributed by atoms with Gasteiger partial charge in [-0.25, -0.2) is 0 Å². The normalized spacial score (nSPS) is 10.2. The number of anilines is 1. The molecule has 23 heavy (non-hydrogen) atoms. The Hall–Kier alpha value is -2.62. The lowest BCUT2D eigenvalue weighted by molar-refractivity contribution is -0.116. The maximum atomic E-state index is 12.1. The third kappa shape index (κ3) is 4.95. The van der Waals surface area contributed by atoms with Crippen molar-refractivity contribution in [2.45, 2.75) is 26.2 Å². The standard InChI is InChI=1S/C19H22N2O2/c1-14-10-12-15(13-11-14)6-5-9-18(22)21-17-8-4-3-7-16(17)19(23)20-2/h3-4,7-8,10-13H,5-6,9H2,1-2H3,(H,20,23)(H,21,22). The molecule has 4 nitrogen and oxygen atoms in total. The highest BCUT2D eigenvalue weighted by Gasteiger charge is 2.11. The second-order valence-corrected chi connectivity index (χ2v) is 5.51. The molecular weight excluding hydrogens is 288 g/mol. The molecule has 2 rings (SSSR count). The molecule has 0 aromatic heterocycles. The summed E-state index contributed by atoms with van der Waals surface area (Å²) < 4.78 is 0. The highest BCUT2D eigenvalue weighted by atomic mass is 16.2. The summed E-state index contributed by atoms with van der Waals surface area (Å²) in [6.07, 6.45) is 2.07. The van der Waals surface area contributed by atoms with Gasteiger partial charge in [0.15, 0.2) is 0 Å². The van der Waals surface area contributed by atoms with E-state index in [0.29, 0.717) is 17.7 Å². The monoisotopic (exact) mass is 310 g/mol. The highest BCUT2D eigenvalue weighted by Crippen LogP contribution is 2.15. The van der Waals surface area contributed by atoms with Gasteiger partial charge in [0.25, 0.3) is 5.91 Å². The lowest BCUT2D eigenvalue weighted by Crippen LogP contribution is -2.21. The van der Waals surface area contributed by atoms with Crippen LogP contribution in [0.3, 0.4) is 0 Å². The van der Waals surface area contributed by atoms with E-state index in [1.54, 1.807) is 31.3 Å². The minimum absolute atomic E-state index is 0.0755. The smallest absolute Gasteiger partial charge is 0.253 e. The van der Waals surface area contributed by atoms with Crippen LogP contribution < -0.4 is 10.6 Å². The van der Waals surface area contributed by atoms with E-state index in [2.05, 4.69) is 41.8 Å². The topological polar surface area (TPSA) is 58.2 Å². The van der Waals surface area contributed by atoms with Gasteiger partial charge in [0.2, 0.25) is 5.91 Å². The summed E-state index contributed by atoms with van der Waals surface area (Å²) in [6, 6.07) is 15.3. The maximum Gasteiger partial charge on any atom is 0.253 e. The van der Waals surface area contributed by atoms with E-state index in [0.717, 1.165) is 12.8 Å². The minimum atomic E-state index is -0.208. The van der Waals surface area contributed by atoms with Crippen molar-refractivity contribution in [3.05, 3.63) is 65.2 Å². The zero-order chi connectivity index (χ0) is 16.7. The van der Waals surface area contributed by atoms with E-state index in [-0.39, 0.29) is 11.8 Å².